The summed E-state index contributed by atoms with van der Waals surface area (Å²) in [5.41, 5.74) is 2.68. The van der Waals surface area contributed by atoms with Crippen molar-refractivity contribution in [3.05, 3.63) is 60.2 Å². The molecule has 1 saturated heterocycles. The van der Waals surface area contributed by atoms with Gasteiger partial charge in [-0.1, -0.05) is 30.3 Å². The highest BCUT2D eigenvalue weighted by atomic mass is 16.5. The predicted molar refractivity (Wildman–Crippen MR) is 91.6 cm³/mol. The molecule has 0 spiro atoms. The summed E-state index contributed by atoms with van der Waals surface area (Å²) in [5.74, 6) is 0.928. The Kier molecular flexibility index (Phi) is 4.34. The molecule has 0 unspecified atom stereocenters. The number of nitrogens with one attached hydrogen (secondary N) is 1. The van der Waals surface area contributed by atoms with Crippen LogP contribution in [0.2, 0.25) is 0 Å². The van der Waals surface area contributed by atoms with Crippen LogP contribution in [0.1, 0.15) is 18.4 Å². The number of para-hydroxylation sites is 1. The van der Waals surface area contributed by atoms with E-state index in [9.17, 15) is 0 Å². The van der Waals surface area contributed by atoms with Gasteiger partial charge in [0.05, 0.1) is 7.11 Å². The topological polar surface area (TPSA) is 24.5 Å². The van der Waals surface area contributed by atoms with Crippen molar-refractivity contribution in [3.8, 4) is 5.75 Å². The standard InChI is InChI=1S/C19H24N2O/c1-20-19(16-7-6-10-18(15-16)22-2)11-13-21(14-12-19)17-8-4-3-5-9-17/h3-10,15,20H,11-14H2,1-2H3. The van der Waals surface area contributed by atoms with Gasteiger partial charge in [-0.15, -0.1) is 0 Å². The van der Waals surface area contributed by atoms with Crippen LogP contribution >= 0.6 is 0 Å². The molecule has 0 amide bonds. The summed E-state index contributed by atoms with van der Waals surface area (Å²) in [4.78, 5) is 2.47. The smallest absolute Gasteiger partial charge is 0.119 e. The van der Waals surface area contributed by atoms with Gasteiger partial charge in [-0.3, -0.25) is 0 Å². The van der Waals surface area contributed by atoms with Gasteiger partial charge < -0.3 is 15.0 Å². The van der Waals surface area contributed by atoms with Gasteiger partial charge in [0.1, 0.15) is 5.75 Å². The van der Waals surface area contributed by atoms with Crippen LogP contribution in [0.4, 0.5) is 5.69 Å². The molecule has 0 aliphatic carbocycles. The van der Waals surface area contributed by atoms with Gasteiger partial charge in [0.2, 0.25) is 0 Å². The van der Waals surface area contributed by atoms with Crippen molar-refractivity contribution >= 4 is 5.69 Å². The molecular weight excluding hydrogens is 272 g/mol. The Morgan fingerprint density at radius 3 is 2.36 bits per heavy atom. The first-order chi connectivity index (χ1) is 10.8. The lowest BCUT2D eigenvalue weighted by Gasteiger charge is -2.43. The molecule has 2 aromatic rings. The van der Waals surface area contributed by atoms with Crippen molar-refractivity contribution in [1.29, 1.82) is 0 Å². The van der Waals surface area contributed by atoms with E-state index in [1.54, 1.807) is 7.11 Å². The van der Waals surface area contributed by atoms with Crippen LogP contribution in [0, 0.1) is 0 Å². The zero-order valence-corrected chi connectivity index (χ0v) is 13.4. The largest absolute Gasteiger partial charge is 0.497 e. The van der Waals surface area contributed by atoms with Crippen LogP contribution in [-0.2, 0) is 5.54 Å². The number of nitrogens with zero attached hydrogens (tertiary/aromatic N) is 1. The first-order valence-corrected chi connectivity index (χ1v) is 7.91. The van der Waals surface area contributed by atoms with E-state index < -0.39 is 0 Å². The molecule has 0 radical (unpaired) electrons. The fourth-order valence-corrected chi connectivity index (χ4v) is 3.39. The fourth-order valence-electron chi connectivity index (χ4n) is 3.39. The second kappa shape index (κ2) is 6.41. The zero-order valence-electron chi connectivity index (χ0n) is 13.4. The average molecular weight is 296 g/mol. The Morgan fingerprint density at radius 1 is 1.00 bits per heavy atom. The zero-order chi connectivity index (χ0) is 15.4. The minimum atomic E-state index is 0.0415. The van der Waals surface area contributed by atoms with Crippen molar-refractivity contribution in [2.45, 2.75) is 18.4 Å². The first-order valence-electron chi connectivity index (χ1n) is 7.91. The number of ether oxygens (including phenoxy) is 1. The number of benzene rings is 2. The molecule has 3 rings (SSSR count). The third-order valence-electron chi connectivity index (χ3n) is 4.84. The summed E-state index contributed by atoms with van der Waals surface area (Å²) < 4.78 is 5.39. The highest BCUT2D eigenvalue weighted by Crippen LogP contribution is 2.35. The maximum absolute atomic E-state index is 5.39. The summed E-state index contributed by atoms with van der Waals surface area (Å²) in [6.07, 6.45) is 2.18. The third-order valence-corrected chi connectivity index (χ3v) is 4.84. The van der Waals surface area contributed by atoms with Crippen LogP contribution in [0.5, 0.6) is 5.75 Å². The molecule has 3 nitrogen and oxygen atoms in total. The van der Waals surface area contributed by atoms with Gasteiger partial charge >= 0.3 is 0 Å². The lowest BCUT2D eigenvalue weighted by atomic mass is 9.81. The summed E-state index contributed by atoms with van der Waals surface area (Å²) >= 11 is 0. The number of hydrogen-bond donors (Lipinski definition) is 1. The number of piperidine rings is 1. The minimum Gasteiger partial charge on any atom is -0.497 e. The molecule has 1 N–H and O–H groups in total. The highest BCUT2D eigenvalue weighted by molar-refractivity contribution is 5.47. The normalized spacial score (nSPS) is 17.3. The molecule has 1 fully saturated rings. The van der Waals surface area contributed by atoms with Crippen molar-refractivity contribution in [3.63, 3.8) is 0 Å². The number of methoxy groups -OCH3 is 1. The predicted octanol–water partition coefficient (Wildman–Crippen LogP) is 3.41. The van der Waals surface area contributed by atoms with Crippen molar-refractivity contribution in [1.82, 2.24) is 5.32 Å². The molecule has 1 heterocycles. The Balaban J connectivity index is 1.79. The van der Waals surface area contributed by atoms with Gasteiger partial charge in [0, 0.05) is 24.3 Å². The Labute approximate surface area is 132 Å². The van der Waals surface area contributed by atoms with Crippen LogP contribution in [-0.4, -0.2) is 27.2 Å². The summed E-state index contributed by atoms with van der Waals surface area (Å²) in [7, 11) is 3.79. The molecule has 2 aromatic carbocycles. The van der Waals surface area contributed by atoms with E-state index in [4.69, 9.17) is 4.74 Å². The summed E-state index contributed by atoms with van der Waals surface area (Å²) in [6.45, 7) is 2.12. The molecule has 1 aliphatic heterocycles. The van der Waals surface area contributed by atoms with Crippen molar-refractivity contribution < 1.29 is 4.74 Å². The van der Waals surface area contributed by atoms with Crippen LogP contribution in [0.15, 0.2) is 54.6 Å². The van der Waals surface area contributed by atoms with E-state index in [2.05, 4.69) is 65.8 Å². The van der Waals surface area contributed by atoms with Crippen molar-refractivity contribution in [2.24, 2.45) is 0 Å². The second-order valence-corrected chi connectivity index (χ2v) is 5.89. The first kappa shape index (κ1) is 14.9. The summed E-state index contributed by atoms with van der Waals surface area (Å²) in [6, 6.07) is 19.1. The van der Waals surface area contributed by atoms with E-state index in [0.29, 0.717) is 0 Å². The van der Waals surface area contributed by atoms with Crippen LogP contribution in [0.25, 0.3) is 0 Å². The average Bonchev–Trinajstić information content (AvgIpc) is 2.62. The van der Waals surface area contributed by atoms with E-state index in [-0.39, 0.29) is 5.54 Å². The van der Waals surface area contributed by atoms with Gasteiger partial charge in [-0.2, -0.15) is 0 Å². The molecule has 1 aliphatic rings. The Bertz CT molecular complexity index is 604. The lowest BCUT2D eigenvalue weighted by Crippen LogP contribution is -2.50. The third kappa shape index (κ3) is 2.81. The SMILES string of the molecule is CNC1(c2cccc(OC)c2)CCN(c2ccccc2)CC1. The number of anilines is 1. The lowest BCUT2D eigenvalue weighted by molar-refractivity contribution is 0.281. The molecule has 0 atom stereocenters. The maximum atomic E-state index is 5.39. The van der Waals surface area contributed by atoms with Crippen molar-refractivity contribution in [2.75, 3.05) is 32.1 Å². The highest BCUT2D eigenvalue weighted by Gasteiger charge is 2.35. The van der Waals surface area contributed by atoms with Gasteiger partial charge in [-0.05, 0) is 49.7 Å². The molecule has 0 aromatic heterocycles. The summed E-state index contributed by atoms with van der Waals surface area (Å²) in [5, 5.41) is 3.57. The number of rotatable bonds is 4. The molecule has 3 heteroatoms. The van der Waals surface area contributed by atoms with E-state index >= 15 is 0 Å². The monoisotopic (exact) mass is 296 g/mol. The quantitative estimate of drug-likeness (QED) is 0.935. The molecule has 22 heavy (non-hydrogen) atoms. The van der Waals surface area contributed by atoms with Gasteiger partial charge in [-0.25, -0.2) is 0 Å². The second-order valence-electron chi connectivity index (χ2n) is 5.89. The van der Waals surface area contributed by atoms with E-state index in [1.807, 2.05) is 6.07 Å². The van der Waals surface area contributed by atoms with Crippen LogP contribution in [0.3, 0.4) is 0 Å². The Morgan fingerprint density at radius 2 is 1.73 bits per heavy atom. The van der Waals surface area contributed by atoms with E-state index in [0.717, 1.165) is 31.7 Å². The Hall–Kier alpha value is -2.00. The molecule has 116 valence electrons. The van der Waals surface area contributed by atoms with Gasteiger partial charge in [0.15, 0.2) is 0 Å². The van der Waals surface area contributed by atoms with Gasteiger partial charge in [0.25, 0.3) is 0 Å². The van der Waals surface area contributed by atoms with Crippen LogP contribution < -0.4 is 15.0 Å². The maximum Gasteiger partial charge on any atom is 0.119 e. The fraction of sp³-hybridized carbons (Fsp3) is 0.368. The minimum absolute atomic E-state index is 0.0415. The number of hydrogen-bond acceptors (Lipinski definition) is 3. The molecular formula is C19H24N2O. The molecule has 0 bridgehead atoms. The molecule has 0 saturated carbocycles. The van der Waals surface area contributed by atoms with E-state index in [1.165, 1.54) is 11.3 Å².